The van der Waals surface area contributed by atoms with Gasteiger partial charge in [-0.05, 0) is 37.6 Å². The van der Waals surface area contributed by atoms with Crippen LogP contribution in [0.2, 0.25) is 0 Å². The molecule has 0 fully saturated rings. The van der Waals surface area contributed by atoms with E-state index in [4.69, 9.17) is 4.74 Å². The smallest absolute Gasteiger partial charge is 0.259 e. The SMILES string of the molecule is C[C@H](O)C#Cc1cnc2c(c1)C(=O)N([C@@H](C)CO)C[C@H](C)[C@@H](CN(C)C(=O)Cc1ccncc1)O2. The average molecular weight is 481 g/mol. The van der Waals surface area contributed by atoms with Crippen molar-refractivity contribution in [3.05, 3.63) is 53.5 Å². The number of pyridine rings is 2. The molecule has 35 heavy (non-hydrogen) atoms. The highest BCUT2D eigenvalue weighted by atomic mass is 16.5. The molecule has 1 aliphatic rings. The summed E-state index contributed by atoms with van der Waals surface area (Å²) in [6, 6.07) is 4.77. The second-order valence-electron chi connectivity index (χ2n) is 8.95. The van der Waals surface area contributed by atoms with Crippen LogP contribution in [0.4, 0.5) is 0 Å². The van der Waals surface area contributed by atoms with Crippen LogP contribution in [0.1, 0.15) is 42.3 Å². The molecule has 0 aromatic carbocycles. The summed E-state index contributed by atoms with van der Waals surface area (Å²) in [5.74, 6) is 5.07. The molecule has 0 saturated carbocycles. The van der Waals surface area contributed by atoms with Crippen molar-refractivity contribution in [1.82, 2.24) is 19.8 Å². The molecule has 0 bridgehead atoms. The summed E-state index contributed by atoms with van der Waals surface area (Å²) in [5.41, 5.74) is 1.56. The van der Waals surface area contributed by atoms with Crippen LogP contribution in [0.15, 0.2) is 36.8 Å². The Kier molecular flexibility index (Phi) is 8.79. The third-order valence-corrected chi connectivity index (χ3v) is 5.93. The Bertz CT molecular complexity index is 1100. The fraction of sp³-hybridized carbons (Fsp3) is 0.462. The van der Waals surface area contributed by atoms with Gasteiger partial charge in [0.15, 0.2) is 0 Å². The van der Waals surface area contributed by atoms with Gasteiger partial charge in [0, 0.05) is 43.7 Å². The summed E-state index contributed by atoms with van der Waals surface area (Å²) in [5, 5.41) is 19.2. The lowest BCUT2D eigenvalue weighted by Crippen LogP contribution is -2.50. The third kappa shape index (κ3) is 6.78. The van der Waals surface area contributed by atoms with Crippen LogP contribution in [0.5, 0.6) is 5.88 Å². The number of nitrogens with zero attached hydrogens (tertiary/aromatic N) is 4. The van der Waals surface area contributed by atoms with Crippen LogP contribution < -0.4 is 4.74 Å². The van der Waals surface area contributed by atoms with Gasteiger partial charge in [-0.2, -0.15) is 0 Å². The van der Waals surface area contributed by atoms with Crippen molar-refractivity contribution >= 4 is 11.8 Å². The van der Waals surface area contributed by atoms with E-state index in [0.29, 0.717) is 18.7 Å². The molecule has 2 aromatic heterocycles. The number of carbonyl (C=O) groups is 2. The first-order chi connectivity index (χ1) is 16.7. The average Bonchev–Trinajstić information content (AvgIpc) is 2.84. The van der Waals surface area contributed by atoms with Gasteiger partial charge in [0.25, 0.3) is 5.91 Å². The van der Waals surface area contributed by atoms with Gasteiger partial charge in [-0.25, -0.2) is 4.98 Å². The van der Waals surface area contributed by atoms with E-state index in [9.17, 15) is 19.8 Å². The van der Waals surface area contributed by atoms with Gasteiger partial charge in [0.1, 0.15) is 17.8 Å². The minimum atomic E-state index is -0.819. The van der Waals surface area contributed by atoms with E-state index >= 15 is 0 Å². The Morgan fingerprint density at radius 1 is 1.34 bits per heavy atom. The molecule has 9 heteroatoms. The van der Waals surface area contributed by atoms with Gasteiger partial charge in [0.05, 0.1) is 25.6 Å². The zero-order valence-electron chi connectivity index (χ0n) is 20.5. The highest BCUT2D eigenvalue weighted by molar-refractivity contribution is 5.97. The molecule has 2 amide bonds. The monoisotopic (exact) mass is 480 g/mol. The van der Waals surface area contributed by atoms with E-state index in [1.54, 1.807) is 61.3 Å². The quantitative estimate of drug-likeness (QED) is 0.596. The predicted octanol–water partition coefficient (Wildman–Crippen LogP) is 1.13. The zero-order chi connectivity index (χ0) is 25.5. The second-order valence-corrected chi connectivity index (χ2v) is 8.95. The number of carbonyl (C=O) groups excluding carboxylic acids is 2. The van der Waals surface area contributed by atoms with E-state index in [-0.39, 0.29) is 42.2 Å². The van der Waals surface area contributed by atoms with Crippen molar-refractivity contribution in [2.45, 2.75) is 45.4 Å². The van der Waals surface area contributed by atoms with Gasteiger partial charge < -0.3 is 24.7 Å². The lowest BCUT2D eigenvalue weighted by atomic mass is 9.99. The highest BCUT2D eigenvalue weighted by Gasteiger charge is 2.34. The molecule has 9 nitrogen and oxygen atoms in total. The van der Waals surface area contributed by atoms with Crippen LogP contribution in [-0.4, -0.2) is 86.8 Å². The molecule has 4 atom stereocenters. The maximum absolute atomic E-state index is 13.4. The molecule has 0 aliphatic carbocycles. The molecule has 2 aromatic rings. The Hall–Kier alpha value is -3.48. The Morgan fingerprint density at radius 3 is 2.71 bits per heavy atom. The summed E-state index contributed by atoms with van der Waals surface area (Å²) >= 11 is 0. The number of aliphatic hydroxyl groups is 2. The Labute approximate surface area is 205 Å². The second kappa shape index (κ2) is 11.8. The fourth-order valence-electron chi connectivity index (χ4n) is 3.76. The largest absolute Gasteiger partial charge is 0.472 e. The molecule has 3 rings (SSSR count). The van der Waals surface area contributed by atoms with E-state index in [0.717, 1.165) is 5.56 Å². The third-order valence-electron chi connectivity index (χ3n) is 5.93. The van der Waals surface area contributed by atoms with Gasteiger partial charge in [-0.3, -0.25) is 14.6 Å². The van der Waals surface area contributed by atoms with Crippen molar-refractivity contribution in [2.75, 3.05) is 26.7 Å². The number of rotatable bonds is 6. The molecule has 0 unspecified atom stereocenters. The fourth-order valence-corrected chi connectivity index (χ4v) is 3.76. The highest BCUT2D eigenvalue weighted by Crippen LogP contribution is 2.27. The topological polar surface area (TPSA) is 116 Å². The van der Waals surface area contributed by atoms with Crippen molar-refractivity contribution in [1.29, 1.82) is 0 Å². The molecule has 0 spiro atoms. The number of ether oxygens (including phenoxy) is 1. The van der Waals surface area contributed by atoms with Crippen molar-refractivity contribution in [3.8, 4) is 17.7 Å². The zero-order valence-corrected chi connectivity index (χ0v) is 20.5. The molecule has 0 saturated heterocycles. The van der Waals surface area contributed by atoms with Crippen LogP contribution in [-0.2, 0) is 11.2 Å². The van der Waals surface area contributed by atoms with Crippen LogP contribution in [0, 0.1) is 17.8 Å². The van der Waals surface area contributed by atoms with Crippen molar-refractivity contribution in [2.24, 2.45) is 5.92 Å². The van der Waals surface area contributed by atoms with E-state index in [1.807, 2.05) is 6.92 Å². The molecule has 1 aliphatic heterocycles. The van der Waals surface area contributed by atoms with Crippen molar-refractivity contribution in [3.63, 3.8) is 0 Å². The predicted molar refractivity (Wildman–Crippen MR) is 130 cm³/mol. The lowest BCUT2D eigenvalue weighted by Gasteiger charge is -2.37. The first kappa shape index (κ1) is 26.1. The minimum absolute atomic E-state index is 0.0670. The first-order valence-electron chi connectivity index (χ1n) is 11.6. The number of aromatic nitrogens is 2. The molecular weight excluding hydrogens is 448 g/mol. The van der Waals surface area contributed by atoms with Gasteiger partial charge in [0.2, 0.25) is 11.8 Å². The van der Waals surface area contributed by atoms with Crippen molar-refractivity contribution < 1.29 is 24.5 Å². The van der Waals surface area contributed by atoms with Crippen LogP contribution in [0.25, 0.3) is 0 Å². The van der Waals surface area contributed by atoms with Gasteiger partial charge in [-0.1, -0.05) is 18.8 Å². The van der Waals surface area contributed by atoms with E-state index in [1.165, 1.54) is 6.20 Å². The number of aliphatic hydroxyl groups excluding tert-OH is 2. The minimum Gasteiger partial charge on any atom is -0.472 e. The Balaban J connectivity index is 1.89. The molecular formula is C26H32N4O5. The lowest BCUT2D eigenvalue weighted by molar-refractivity contribution is -0.130. The molecule has 0 radical (unpaired) electrons. The molecule has 2 N–H and O–H groups in total. The summed E-state index contributed by atoms with van der Waals surface area (Å²) in [7, 11) is 1.72. The number of fused-ring (bicyclic) bond motifs is 1. The van der Waals surface area contributed by atoms with Gasteiger partial charge in [-0.15, -0.1) is 0 Å². The standard InChI is InChI=1S/C26H32N4O5/c1-17-14-30(18(2)16-31)26(34)22-11-21(6-5-19(3)32)13-28-25(22)35-23(17)15-29(4)24(33)12-20-7-9-27-10-8-20/h7-11,13,17-19,23,31-32H,12,14-16H2,1-4H3/t17-,18-,19-,23+/m0/s1. The summed E-state index contributed by atoms with van der Waals surface area (Å²) in [6.45, 7) is 5.70. The normalized spacial score (nSPS) is 19.3. The number of hydrogen-bond acceptors (Lipinski definition) is 7. The van der Waals surface area contributed by atoms with Crippen LogP contribution >= 0.6 is 0 Å². The van der Waals surface area contributed by atoms with E-state index in [2.05, 4.69) is 21.8 Å². The summed E-state index contributed by atoms with van der Waals surface area (Å²) in [4.78, 5) is 37.8. The summed E-state index contributed by atoms with van der Waals surface area (Å²) in [6.07, 6.45) is 3.77. The number of likely N-dealkylation sites (N-methyl/N-ethyl adjacent to an activating group) is 1. The maximum atomic E-state index is 13.4. The maximum Gasteiger partial charge on any atom is 0.259 e. The first-order valence-corrected chi connectivity index (χ1v) is 11.6. The molecule has 3 heterocycles. The number of amides is 2. The molecule has 186 valence electrons. The van der Waals surface area contributed by atoms with Crippen LogP contribution in [0.3, 0.4) is 0 Å². The van der Waals surface area contributed by atoms with E-state index < -0.39 is 18.2 Å². The summed E-state index contributed by atoms with van der Waals surface area (Å²) < 4.78 is 6.21. The number of hydrogen-bond donors (Lipinski definition) is 2. The van der Waals surface area contributed by atoms with Gasteiger partial charge >= 0.3 is 0 Å². The Morgan fingerprint density at radius 2 is 2.06 bits per heavy atom.